The summed E-state index contributed by atoms with van der Waals surface area (Å²) >= 11 is 0. The van der Waals surface area contributed by atoms with Gasteiger partial charge in [-0.1, -0.05) is 12.1 Å². The van der Waals surface area contributed by atoms with Gasteiger partial charge in [-0.15, -0.1) is 0 Å². The molecule has 0 bridgehead atoms. The molecule has 1 amide bonds. The zero-order valence-corrected chi connectivity index (χ0v) is 11.4. The molecule has 6 heteroatoms. The molecule has 0 heterocycles. The van der Waals surface area contributed by atoms with Crippen LogP contribution >= 0.6 is 0 Å². The molecule has 0 spiro atoms. The fraction of sp³-hybridized carbons (Fsp3) is 0.429. The molecule has 1 saturated carbocycles. The molecule has 0 aromatic heterocycles. The summed E-state index contributed by atoms with van der Waals surface area (Å²) in [5.74, 6) is -0.937. The third-order valence-corrected chi connectivity index (χ3v) is 3.38. The number of hydrogen-bond acceptors (Lipinski definition) is 4. The Hall–Kier alpha value is -2.24. The third kappa shape index (κ3) is 2.84. The van der Waals surface area contributed by atoms with Crippen LogP contribution in [-0.4, -0.2) is 31.2 Å². The van der Waals surface area contributed by atoms with E-state index in [0.29, 0.717) is 17.9 Å². The Labute approximate surface area is 116 Å². The van der Waals surface area contributed by atoms with E-state index in [1.54, 1.807) is 19.2 Å². The molecule has 0 aliphatic heterocycles. The zero-order valence-electron chi connectivity index (χ0n) is 11.4. The maximum atomic E-state index is 11.8. The summed E-state index contributed by atoms with van der Waals surface area (Å²) in [6, 6.07) is 5.40. The summed E-state index contributed by atoms with van der Waals surface area (Å²) in [6.45, 7) is 0.280. The number of carboxylic acids is 1. The quantitative estimate of drug-likeness (QED) is 0.812. The first-order valence-electron chi connectivity index (χ1n) is 6.28. The number of methoxy groups -OCH3 is 2. The molecule has 1 aromatic rings. The lowest BCUT2D eigenvalue weighted by Gasteiger charge is -2.13. The number of rotatable bonds is 6. The van der Waals surface area contributed by atoms with Crippen molar-refractivity contribution >= 4 is 11.9 Å². The minimum atomic E-state index is -0.913. The van der Waals surface area contributed by atoms with Crippen LogP contribution in [0.25, 0.3) is 0 Å². The fourth-order valence-corrected chi connectivity index (χ4v) is 2.16. The van der Waals surface area contributed by atoms with E-state index in [2.05, 4.69) is 5.32 Å². The van der Waals surface area contributed by atoms with Crippen LogP contribution in [-0.2, 0) is 16.1 Å². The molecule has 1 fully saturated rings. The van der Waals surface area contributed by atoms with Crippen molar-refractivity contribution in [3.05, 3.63) is 23.8 Å². The second-order valence-corrected chi connectivity index (χ2v) is 4.66. The van der Waals surface area contributed by atoms with Gasteiger partial charge in [-0.2, -0.15) is 0 Å². The number of hydrogen-bond donors (Lipinski definition) is 2. The van der Waals surface area contributed by atoms with Crippen LogP contribution in [0, 0.1) is 11.8 Å². The molecule has 1 aliphatic carbocycles. The largest absolute Gasteiger partial charge is 0.493 e. The van der Waals surface area contributed by atoms with Gasteiger partial charge in [0.1, 0.15) is 0 Å². The Morgan fingerprint density at radius 2 is 2.05 bits per heavy atom. The van der Waals surface area contributed by atoms with Crippen LogP contribution in [0.2, 0.25) is 0 Å². The van der Waals surface area contributed by atoms with Gasteiger partial charge in [-0.25, -0.2) is 0 Å². The number of benzene rings is 1. The molecule has 2 N–H and O–H groups in total. The molecule has 0 saturated heterocycles. The minimum Gasteiger partial charge on any atom is -0.493 e. The Morgan fingerprint density at radius 3 is 2.60 bits per heavy atom. The Morgan fingerprint density at radius 1 is 1.30 bits per heavy atom. The lowest BCUT2D eigenvalue weighted by Crippen LogP contribution is -2.26. The molecule has 6 nitrogen and oxygen atoms in total. The molecular weight excluding hydrogens is 262 g/mol. The van der Waals surface area contributed by atoms with Crippen molar-refractivity contribution in [2.75, 3.05) is 14.2 Å². The molecular formula is C14H17NO5. The standard InChI is InChI=1S/C14H17NO5/c1-19-11-5-3-4-8(12(11)20-2)7-15-13(16)9-6-10(9)14(17)18/h3-5,9-10H,6-7H2,1-2H3,(H,15,16)(H,17,18). The summed E-state index contributed by atoms with van der Waals surface area (Å²) in [5.41, 5.74) is 0.785. The number of amides is 1. The number of carboxylic acid groups (broad SMARTS) is 1. The topological polar surface area (TPSA) is 84.9 Å². The van der Waals surface area contributed by atoms with Crippen LogP contribution < -0.4 is 14.8 Å². The van der Waals surface area contributed by atoms with Crippen LogP contribution in [0.5, 0.6) is 11.5 Å². The molecule has 2 unspecified atom stereocenters. The van der Waals surface area contributed by atoms with E-state index in [4.69, 9.17) is 14.6 Å². The lowest BCUT2D eigenvalue weighted by molar-refractivity contribution is -0.140. The van der Waals surface area contributed by atoms with E-state index in [1.165, 1.54) is 7.11 Å². The van der Waals surface area contributed by atoms with Gasteiger partial charge in [0.25, 0.3) is 0 Å². The van der Waals surface area contributed by atoms with Gasteiger partial charge in [0.15, 0.2) is 11.5 Å². The summed E-state index contributed by atoms with van der Waals surface area (Å²) in [6.07, 6.45) is 0.413. The van der Waals surface area contributed by atoms with E-state index in [-0.39, 0.29) is 12.5 Å². The van der Waals surface area contributed by atoms with E-state index in [1.807, 2.05) is 6.07 Å². The van der Waals surface area contributed by atoms with Crippen LogP contribution in [0.1, 0.15) is 12.0 Å². The zero-order chi connectivity index (χ0) is 14.7. The second kappa shape index (κ2) is 5.81. The Kier molecular flexibility index (Phi) is 4.12. The average Bonchev–Trinajstić information content (AvgIpc) is 3.24. The van der Waals surface area contributed by atoms with Crippen molar-refractivity contribution in [3.63, 3.8) is 0 Å². The van der Waals surface area contributed by atoms with E-state index >= 15 is 0 Å². The van der Waals surface area contributed by atoms with E-state index < -0.39 is 17.8 Å². The predicted molar refractivity (Wildman–Crippen MR) is 70.6 cm³/mol. The minimum absolute atomic E-state index is 0.234. The van der Waals surface area contributed by atoms with E-state index in [0.717, 1.165) is 5.56 Å². The maximum absolute atomic E-state index is 11.8. The van der Waals surface area contributed by atoms with Gasteiger partial charge < -0.3 is 19.9 Å². The first-order chi connectivity index (χ1) is 9.58. The number of carbonyl (C=O) groups excluding carboxylic acids is 1. The highest BCUT2D eigenvalue weighted by molar-refractivity contribution is 5.89. The van der Waals surface area contributed by atoms with E-state index in [9.17, 15) is 9.59 Å². The summed E-state index contributed by atoms with van der Waals surface area (Å²) in [4.78, 5) is 22.5. The maximum Gasteiger partial charge on any atom is 0.307 e. The van der Waals surface area contributed by atoms with Gasteiger partial charge >= 0.3 is 5.97 Å². The van der Waals surface area contributed by atoms with Gasteiger partial charge in [-0.05, 0) is 12.5 Å². The summed E-state index contributed by atoms with van der Waals surface area (Å²) in [7, 11) is 3.08. The van der Waals surface area contributed by atoms with Gasteiger partial charge in [0.2, 0.25) is 5.91 Å². The molecule has 1 aromatic carbocycles. The monoisotopic (exact) mass is 279 g/mol. The smallest absolute Gasteiger partial charge is 0.307 e. The molecule has 0 radical (unpaired) electrons. The molecule has 1 aliphatic rings. The molecule has 2 rings (SSSR count). The van der Waals surface area contributed by atoms with Crippen LogP contribution in [0.4, 0.5) is 0 Å². The number of aliphatic carboxylic acids is 1. The summed E-state index contributed by atoms with van der Waals surface area (Å²) in [5, 5.41) is 11.5. The average molecular weight is 279 g/mol. The van der Waals surface area contributed by atoms with Crippen molar-refractivity contribution in [2.24, 2.45) is 11.8 Å². The van der Waals surface area contributed by atoms with Crippen LogP contribution in [0.3, 0.4) is 0 Å². The van der Waals surface area contributed by atoms with Gasteiger partial charge in [0.05, 0.1) is 26.1 Å². The lowest BCUT2D eigenvalue weighted by atomic mass is 10.1. The number of ether oxygens (including phenoxy) is 2. The normalized spacial score (nSPS) is 20.1. The number of nitrogens with one attached hydrogen (secondary N) is 1. The van der Waals surface area contributed by atoms with Crippen molar-refractivity contribution in [1.82, 2.24) is 5.32 Å². The second-order valence-electron chi connectivity index (χ2n) is 4.66. The highest BCUT2D eigenvalue weighted by atomic mass is 16.5. The van der Waals surface area contributed by atoms with Crippen molar-refractivity contribution in [1.29, 1.82) is 0 Å². The first-order valence-corrected chi connectivity index (χ1v) is 6.28. The van der Waals surface area contributed by atoms with Gasteiger partial charge in [-0.3, -0.25) is 9.59 Å². The first kappa shape index (κ1) is 14.2. The fourth-order valence-electron chi connectivity index (χ4n) is 2.16. The number of para-hydroxylation sites is 1. The highest BCUT2D eigenvalue weighted by Crippen LogP contribution is 2.39. The summed E-state index contributed by atoms with van der Waals surface area (Å²) < 4.78 is 10.4. The molecule has 2 atom stereocenters. The third-order valence-electron chi connectivity index (χ3n) is 3.38. The van der Waals surface area contributed by atoms with Crippen molar-refractivity contribution < 1.29 is 24.2 Å². The molecule has 108 valence electrons. The predicted octanol–water partition coefficient (Wildman–Crippen LogP) is 1.04. The Balaban J connectivity index is 1.98. The SMILES string of the molecule is COc1cccc(CNC(=O)C2CC2C(=O)O)c1OC. The van der Waals surface area contributed by atoms with Crippen molar-refractivity contribution in [3.8, 4) is 11.5 Å². The highest BCUT2D eigenvalue weighted by Gasteiger charge is 2.48. The van der Waals surface area contributed by atoms with Crippen molar-refractivity contribution in [2.45, 2.75) is 13.0 Å². The Bertz CT molecular complexity index is 528. The van der Waals surface area contributed by atoms with Gasteiger partial charge in [0, 0.05) is 12.1 Å². The molecule has 20 heavy (non-hydrogen) atoms. The van der Waals surface area contributed by atoms with Crippen LogP contribution in [0.15, 0.2) is 18.2 Å². The number of carbonyl (C=O) groups is 2.